The van der Waals surface area contributed by atoms with Gasteiger partial charge in [-0.2, -0.15) is 0 Å². The van der Waals surface area contributed by atoms with Gasteiger partial charge in [-0.15, -0.1) is 0 Å². The van der Waals surface area contributed by atoms with Crippen molar-refractivity contribution in [1.29, 1.82) is 0 Å². The van der Waals surface area contributed by atoms with Crippen molar-refractivity contribution in [2.45, 2.75) is 32.9 Å². The van der Waals surface area contributed by atoms with E-state index in [0.717, 1.165) is 0 Å². The number of nitrogens with zero attached hydrogens (tertiary/aromatic N) is 1. The first kappa shape index (κ1) is 15.0. The van der Waals surface area contributed by atoms with E-state index in [2.05, 4.69) is 43.4 Å². The SMILES string of the molecule is Cc1ccc(C(C)NC(C)C(=O)N2CCOCC2)cc1. The topological polar surface area (TPSA) is 41.6 Å². The second kappa shape index (κ2) is 6.86. The number of hydrogen-bond donors (Lipinski definition) is 1. The molecule has 2 unspecified atom stereocenters. The van der Waals surface area contributed by atoms with Crippen molar-refractivity contribution in [3.05, 3.63) is 35.4 Å². The zero-order valence-electron chi connectivity index (χ0n) is 12.6. The van der Waals surface area contributed by atoms with E-state index in [4.69, 9.17) is 4.74 Å². The summed E-state index contributed by atoms with van der Waals surface area (Å²) in [5, 5.41) is 3.38. The van der Waals surface area contributed by atoms with Crippen LogP contribution in [0.1, 0.15) is 31.0 Å². The first-order valence-electron chi connectivity index (χ1n) is 7.27. The Morgan fingerprint density at radius 2 is 1.80 bits per heavy atom. The molecular formula is C16H24N2O2. The van der Waals surface area contributed by atoms with E-state index in [1.807, 2.05) is 11.8 Å². The number of carbonyl (C=O) groups is 1. The second-order valence-electron chi connectivity index (χ2n) is 5.46. The van der Waals surface area contributed by atoms with Crippen molar-refractivity contribution in [3.8, 4) is 0 Å². The van der Waals surface area contributed by atoms with Crippen LogP contribution in [0.15, 0.2) is 24.3 Å². The van der Waals surface area contributed by atoms with Crippen LogP contribution in [0.4, 0.5) is 0 Å². The van der Waals surface area contributed by atoms with Crippen molar-refractivity contribution in [2.24, 2.45) is 0 Å². The Morgan fingerprint density at radius 3 is 2.40 bits per heavy atom. The molecule has 1 saturated heterocycles. The predicted molar refractivity (Wildman–Crippen MR) is 79.6 cm³/mol. The Balaban J connectivity index is 1.91. The number of hydrogen-bond acceptors (Lipinski definition) is 3. The molecule has 20 heavy (non-hydrogen) atoms. The highest BCUT2D eigenvalue weighted by atomic mass is 16.5. The van der Waals surface area contributed by atoms with Crippen LogP contribution in [0, 0.1) is 6.92 Å². The number of rotatable bonds is 4. The molecule has 0 bridgehead atoms. The zero-order chi connectivity index (χ0) is 14.5. The lowest BCUT2D eigenvalue weighted by atomic mass is 10.1. The molecule has 0 saturated carbocycles. The van der Waals surface area contributed by atoms with Gasteiger partial charge in [0.15, 0.2) is 0 Å². The molecule has 1 aliphatic rings. The van der Waals surface area contributed by atoms with E-state index < -0.39 is 0 Å². The molecule has 1 heterocycles. The number of nitrogens with one attached hydrogen (secondary N) is 1. The molecule has 0 aliphatic carbocycles. The normalized spacial score (nSPS) is 18.6. The second-order valence-corrected chi connectivity index (χ2v) is 5.46. The van der Waals surface area contributed by atoms with Gasteiger partial charge in [0.25, 0.3) is 0 Å². The lowest BCUT2D eigenvalue weighted by molar-refractivity contribution is -0.137. The first-order chi connectivity index (χ1) is 9.58. The van der Waals surface area contributed by atoms with Crippen molar-refractivity contribution in [1.82, 2.24) is 10.2 Å². The largest absolute Gasteiger partial charge is 0.378 e. The maximum Gasteiger partial charge on any atom is 0.239 e. The lowest BCUT2D eigenvalue weighted by Gasteiger charge is -2.30. The minimum absolute atomic E-state index is 0.160. The van der Waals surface area contributed by atoms with Gasteiger partial charge in [0.05, 0.1) is 19.3 Å². The van der Waals surface area contributed by atoms with E-state index in [9.17, 15) is 4.79 Å². The zero-order valence-corrected chi connectivity index (χ0v) is 12.6. The van der Waals surface area contributed by atoms with Crippen molar-refractivity contribution in [3.63, 3.8) is 0 Å². The van der Waals surface area contributed by atoms with Crippen molar-refractivity contribution in [2.75, 3.05) is 26.3 Å². The Labute approximate surface area is 121 Å². The number of amides is 1. The molecule has 0 spiro atoms. The van der Waals surface area contributed by atoms with Crippen LogP contribution in [0.2, 0.25) is 0 Å². The van der Waals surface area contributed by atoms with Gasteiger partial charge in [-0.3, -0.25) is 10.1 Å². The average Bonchev–Trinajstić information content (AvgIpc) is 2.48. The molecule has 2 atom stereocenters. The highest BCUT2D eigenvalue weighted by Crippen LogP contribution is 2.14. The molecule has 0 aromatic heterocycles. The van der Waals surface area contributed by atoms with Gasteiger partial charge in [0.1, 0.15) is 0 Å². The molecule has 1 amide bonds. The highest BCUT2D eigenvalue weighted by molar-refractivity contribution is 5.81. The van der Waals surface area contributed by atoms with Crippen molar-refractivity contribution >= 4 is 5.91 Å². The highest BCUT2D eigenvalue weighted by Gasteiger charge is 2.23. The molecule has 1 aromatic rings. The lowest BCUT2D eigenvalue weighted by Crippen LogP contribution is -2.49. The molecule has 1 fully saturated rings. The van der Waals surface area contributed by atoms with Gasteiger partial charge < -0.3 is 9.64 Å². The number of morpholine rings is 1. The summed E-state index contributed by atoms with van der Waals surface area (Å²) in [6.07, 6.45) is 0. The summed E-state index contributed by atoms with van der Waals surface area (Å²) in [6, 6.07) is 8.40. The van der Waals surface area contributed by atoms with Gasteiger partial charge in [-0.1, -0.05) is 29.8 Å². The molecule has 1 aromatic carbocycles. The molecule has 4 heteroatoms. The summed E-state index contributed by atoms with van der Waals surface area (Å²) < 4.78 is 5.28. The summed E-state index contributed by atoms with van der Waals surface area (Å²) in [5.41, 5.74) is 2.45. The van der Waals surface area contributed by atoms with E-state index >= 15 is 0 Å². The van der Waals surface area contributed by atoms with Crippen LogP contribution < -0.4 is 5.32 Å². The van der Waals surface area contributed by atoms with Crippen LogP contribution in [-0.2, 0) is 9.53 Å². The third kappa shape index (κ3) is 3.81. The molecule has 0 radical (unpaired) electrons. The van der Waals surface area contributed by atoms with Gasteiger partial charge in [-0.25, -0.2) is 0 Å². The quantitative estimate of drug-likeness (QED) is 0.913. The molecule has 1 aliphatic heterocycles. The Morgan fingerprint density at radius 1 is 1.20 bits per heavy atom. The van der Waals surface area contributed by atoms with Crippen LogP contribution in [0.3, 0.4) is 0 Å². The van der Waals surface area contributed by atoms with Crippen LogP contribution in [0.25, 0.3) is 0 Å². The minimum atomic E-state index is -0.176. The monoisotopic (exact) mass is 276 g/mol. The van der Waals surface area contributed by atoms with Gasteiger partial charge in [0, 0.05) is 19.1 Å². The Bertz CT molecular complexity index is 438. The molecule has 2 rings (SSSR count). The summed E-state index contributed by atoms with van der Waals surface area (Å²) in [4.78, 5) is 14.2. The summed E-state index contributed by atoms with van der Waals surface area (Å²) in [7, 11) is 0. The smallest absolute Gasteiger partial charge is 0.239 e. The maximum absolute atomic E-state index is 12.3. The average molecular weight is 276 g/mol. The summed E-state index contributed by atoms with van der Waals surface area (Å²) in [6.45, 7) is 8.79. The van der Waals surface area contributed by atoms with Crippen LogP contribution >= 0.6 is 0 Å². The molecule has 4 nitrogen and oxygen atoms in total. The van der Waals surface area contributed by atoms with Gasteiger partial charge >= 0.3 is 0 Å². The van der Waals surface area contributed by atoms with E-state index in [1.165, 1.54) is 11.1 Å². The number of benzene rings is 1. The maximum atomic E-state index is 12.3. The standard InChI is InChI=1S/C16H24N2O2/c1-12-4-6-15(7-5-12)13(2)17-14(3)16(19)18-8-10-20-11-9-18/h4-7,13-14,17H,8-11H2,1-3H3. The third-order valence-electron chi connectivity index (χ3n) is 3.77. The van der Waals surface area contributed by atoms with Gasteiger partial charge in [-0.05, 0) is 26.3 Å². The first-order valence-corrected chi connectivity index (χ1v) is 7.27. The van der Waals surface area contributed by atoms with Gasteiger partial charge in [0.2, 0.25) is 5.91 Å². The number of carbonyl (C=O) groups excluding carboxylic acids is 1. The molecule has 110 valence electrons. The van der Waals surface area contributed by atoms with E-state index in [-0.39, 0.29) is 18.0 Å². The fourth-order valence-corrected chi connectivity index (χ4v) is 2.46. The molecular weight excluding hydrogens is 252 g/mol. The van der Waals surface area contributed by atoms with Crippen molar-refractivity contribution < 1.29 is 9.53 Å². The van der Waals surface area contributed by atoms with Crippen LogP contribution in [0.5, 0.6) is 0 Å². The van der Waals surface area contributed by atoms with E-state index in [0.29, 0.717) is 26.3 Å². The van der Waals surface area contributed by atoms with Crippen LogP contribution in [-0.4, -0.2) is 43.2 Å². The predicted octanol–water partition coefficient (Wildman–Crippen LogP) is 1.89. The fraction of sp³-hybridized carbons (Fsp3) is 0.562. The fourth-order valence-electron chi connectivity index (χ4n) is 2.46. The summed E-state index contributed by atoms with van der Waals surface area (Å²) in [5.74, 6) is 0.160. The minimum Gasteiger partial charge on any atom is -0.378 e. The Kier molecular flexibility index (Phi) is 5.15. The van der Waals surface area contributed by atoms with E-state index in [1.54, 1.807) is 0 Å². The number of aryl methyl sites for hydroxylation is 1. The third-order valence-corrected chi connectivity index (χ3v) is 3.77. The summed E-state index contributed by atoms with van der Waals surface area (Å²) >= 11 is 0. The molecule has 1 N–H and O–H groups in total. The number of ether oxygens (including phenoxy) is 1. The Hall–Kier alpha value is -1.39.